The van der Waals surface area contributed by atoms with Crippen molar-refractivity contribution in [2.45, 2.75) is 39.0 Å². The van der Waals surface area contributed by atoms with Crippen molar-refractivity contribution in [2.24, 2.45) is 5.73 Å². The average Bonchev–Trinajstić information content (AvgIpc) is 1.81. The molecule has 0 aromatic heterocycles. The van der Waals surface area contributed by atoms with E-state index in [-0.39, 0.29) is 12.4 Å². The standard InChI is InChI=1S/C7H17N.ClH/c1-2-3-4-5-6-7-8;/h2-8H2,1H3;1H. The number of unbranched alkanes of at least 4 members (excludes halogenated alkanes) is 4. The summed E-state index contributed by atoms with van der Waals surface area (Å²) in [7, 11) is 0. The Morgan fingerprint density at radius 1 is 1.00 bits per heavy atom. The predicted molar refractivity (Wildman–Crippen MR) is 45.1 cm³/mol. The Labute approximate surface area is 64.4 Å². The van der Waals surface area contributed by atoms with Crippen molar-refractivity contribution in [3.8, 4) is 0 Å². The summed E-state index contributed by atoms with van der Waals surface area (Å²) in [5, 5.41) is 0. The van der Waals surface area contributed by atoms with Crippen LogP contribution in [0.1, 0.15) is 39.0 Å². The largest absolute Gasteiger partial charge is 0.330 e. The molecule has 0 saturated carbocycles. The van der Waals surface area contributed by atoms with Crippen molar-refractivity contribution < 1.29 is 0 Å². The van der Waals surface area contributed by atoms with Gasteiger partial charge < -0.3 is 5.73 Å². The zero-order valence-electron chi connectivity index (χ0n) is 6.23. The molecule has 0 aliphatic carbocycles. The first-order chi connectivity index (χ1) is 3.91. The topological polar surface area (TPSA) is 26.0 Å². The molecule has 0 radical (unpaired) electrons. The number of hydrogen-bond acceptors (Lipinski definition) is 1. The van der Waals surface area contributed by atoms with Gasteiger partial charge >= 0.3 is 0 Å². The van der Waals surface area contributed by atoms with Gasteiger partial charge in [0, 0.05) is 0 Å². The first-order valence-corrected chi connectivity index (χ1v) is 3.62. The highest BCUT2D eigenvalue weighted by Crippen LogP contribution is 2.00. The fourth-order valence-corrected chi connectivity index (χ4v) is 0.748. The van der Waals surface area contributed by atoms with E-state index < -0.39 is 0 Å². The minimum atomic E-state index is 0. The van der Waals surface area contributed by atoms with Crippen LogP contribution in [-0.4, -0.2) is 6.54 Å². The number of nitrogens with two attached hydrogens (primary N) is 1. The van der Waals surface area contributed by atoms with E-state index in [1.165, 1.54) is 32.1 Å². The van der Waals surface area contributed by atoms with Gasteiger partial charge in [-0.05, 0) is 13.0 Å². The smallest absolute Gasteiger partial charge is 0.00773 e. The van der Waals surface area contributed by atoms with Gasteiger partial charge in [0.25, 0.3) is 0 Å². The molecule has 0 atom stereocenters. The Balaban J connectivity index is 0. The van der Waals surface area contributed by atoms with E-state index in [1.807, 2.05) is 0 Å². The lowest BCUT2D eigenvalue weighted by molar-refractivity contribution is 0.638. The molecule has 0 bridgehead atoms. The zero-order valence-corrected chi connectivity index (χ0v) is 7.04. The third-order valence-electron chi connectivity index (χ3n) is 1.31. The van der Waals surface area contributed by atoms with Gasteiger partial charge in [0.2, 0.25) is 0 Å². The summed E-state index contributed by atoms with van der Waals surface area (Å²) in [4.78, 5) is 0. The molecule has 0 amide bonds. The van der Waals surface area contributed by atoms with Crippen LogP contribution in [-0.2, 0) is 0 Å². The van der Waals surface area contributed by atoms with Crippen molar-refractivity contribution >= 4 is 12.4 Å². The highest BCUT2D eigenvalue weighted by atomic mass is 35.5. The molecule has 0 aromatic carbocycles. The third kappa shape index (κ3) is 11.7. The molecule has 0 aliphatic rings. The van der Waals surface area contributed by atoms with Crippen LogP contribution in [0.3, 0.4) is 0 Å². The maximum absolute atomic E-state index is 5.31. The Morgan fingerprint density at radius 3 is 2.00 bits per heavy atom. The molecular formula is C7H18ClN. The summed E-state index contributed by atoms with van der Waals surface area (Å²) in [5.74, 6) is 0. The van der Waals surface area contributed by atoms with E-state index in [0.29, 0.717) is 0 Å². The SMILES string of the molecule is CCCCCCCN.Cl. The van der Waals surface area contributed by atoms with Crippen LogP contribution in [0.5, 0.6) is 0 Å². The average molecular weight is 152 g/mol. The summed E-state index contributed by atoms with van der Waals surface area (Å²) < 4.78 is 0. The Kier molecular flexibility index (Phi) is 14.8. The molecule has 2 heteroatoms. The van der Waals surface area contributed by atoms with Crippen LogP contribution in [0.15, 0.2) is 0 Å². The van der Waals surface area contributed by atoms with Gasteiger partial charge in [0.05, 0.1) is 0 Å². The van der Waals surface area contributed by atoms with Gasteiger partial charge in [-0.2, -0.15) is 0 Å². The first kappa shape index (κ1) is 12.0. The lowest BCUT2D eigenvalue weighted by Crippen LogP contribution is -1.97. The van der Waals surface area contributed by atoms with Crippen LogP contribution in [0, 0.1) is 0 Å². The third-order valence-corrected chi connectivity index (χ3v) is 1.31. The molecule has 0 aliphatic heterocycles. The minimum absolute atomic E-state index is 0. The fraction of sp³-hybridized carbons (Fsp3) is 1.00. The number of halogens is 1. The van der Waals surface area contributed by atoms with Gasteiger partial charge in [0.15, 0.2) is 0 Å². The van der Waals surface area contributed by atoms with E-state index in [9.17, 15) is 0 Å². The highest BCUT2D eigenvalue weighted by Gasteiger charge is 1.83. The van der Waals surface area contributed by atoms with Gasteiger partial charge in [0.1, 0.15) is 0 Å². The highest BCUT2D eigenvalue weighted by molar-refractivity contribution is 5.85. The number of hydrogen-bond donors (Lipinski definition) is 1. The van der Waals surface area contributed by atoms with Crippen molar-refractivity contribution in [3.05, 3.63) is 0 Å². The summed E-state index contributed by atoms with van der Waals surface area (Å²) in [6, 6.07) is 0. The van der Waals surface area contributed by atoms with Crippen LogP contribution < -0.4 is 5.73 Å². The second-order valence-corrected chi connectivity index (χ2v) is 2.20. The second kappa shape index (κ2) is 11.1. The predicted octanol–water partition coefficient (Wildman–Crippen LogP) is 2.34. The Hall–Kier alpha value is 0.250. The molecule has 58 valence electrons. The summed E-state index contributed by atoms with van der Waals surface area (Å²) in [6.07, 6.45) is 6.60. The molecule has 9 heavy (non-hydrogen) atoms. The lowest BCUT2D eigenvalue weighted by Gasteiger charge is -1.93. The molecule has 0 saturated heterocycles. The minimum Gasteiger partial charge on any atom is -0.330 e. The van der Waals surface area contributed by atoms with Crippen LogP contribution >= 0.6 is 12.4 Å². The van der Waals surface area contributed by atoms with Crippen molar-refractivity contribution in [3.63, 3.8) is 0 Å². The molecule has 0 spiro atoms. The fourth-order valence-electron chi connectivity index (χ4n) is 0.748. The van der Waals surface area contributed by atoms with Gasteiger partial charge in [-0.25, -0.2) is 0 Å². The quantitative estimate of drug-likeness (QED) is 0.600. The molecule has 1 nitrogen and oxygen atoms in total. The molecular weight excluding hydrogens is 134 g/mol. The van der Waals surface area contributed by atoms with Gasteiger partial charge in [-0.1, -0.05) is 32.6 Å². The van der Waals surface area contributed by atoms with Gasteiger partial charge in [-0.15, -0.1) is 12.4 Å². The van der Waals surface area contributed by atoms with E-state index in [2.05, 4.69) is 6.92 Å². The molecule has 2 N–H and O–H groups in total. The molecule has 0 heterocycles. The summed E-state index contributed by atoms with van der Waals surface area (Å²) in [6.45, 7) is 3.09. The Morgan fingerprint density at radius 2 is 1.56 bits per heavy atom. The summed E-state index contributed by atoms with van der Waals surface area (Å²) in [5.41, 5.74) is 5.31. The summed E-state index contributed by atoms with van der Waals surface area (Å²) >= 11 is 0. The van der Waals surface area contributed by atoms with E-state index in [4.69, 9.17) is 5.73 Å². The maximum atomic E-state index is 5.31. The molecule has 0 aromatic rings. The van der Waals surface area contributed by atoms with Crippen LogP contribution in [0.25, 0.3) is 0 Å². The van der Waals surface area contributed by atoms with Crippen molar-refractivity contribution in [1.82, 2.24) is 0 Å². The van der Waals surface area contributed by atoms with Crippen LogP contribution in [0.4, 0.5) is 0 Å². The molecule has 0 rings (SSSR count). The maximum Gasteiger partial charge on any atom is -0.00773 e. The van der Waals surface area contributed by atoms with Crippen molar-refractivity contribution in [1.29, 1.82) is 0 Å². The number of rotatable bonds is 5. The van der Waals surface area contributed by atoms with E-state index in [0.717, 1.165) is 6.54 Å². The zero-order chi connectivity index (χ0) is 6.24. The monoisotopic (exact) mass is 151 g/mol. The first-order valence-electron chi connectivity index (χ1n) is 3.62. The van der Waals surface area contributed by atoms with E-state index in [1.54, 1.807) is 0 Å². The lowest BCUT2D eigenvalue weighted by atomic mass is 10.2. The van der Waals surface area contributed by atoms with Gasteiger partial charge in [-0.3, -0.25) is 0 Å². The van der Waals surface area contributed by atoms with E-state index >= 15 is 0 Å². The van der Waals surface area contributed by atoms with Crippen LogP contribution in [0.2, 0.25) is 0 Å². The normalized spacial score (nSPS) is 8.67. The molecule has 0 fully saturated rings. The second-order valence-electron chi connectivity index (χ2n) is 2.20. The molecule has 0 unspecified atom stereocenters. The van der Waals surface area contributed by atoms with Crippen molar-refractivity contribution in [2.75, 3.05) is 6.54 Å². The Bertz CT molecular complexity index is 33.9.